The molecule has 0 radical (unpaired) electrons. The molecule has 0 bridgehead atoms. The van der Waals surface area contributed by atoms with E-state index >= 15 is 0 Å². The molecular formula is C12H9IN2O2. The van der Waals surface area contributed by atoms with Crippen LogP contribution in [0.15, 0.2) is 42.7 Å². The van der Waals surface area contributed by atoms with Gasteiger partial charge in [0, 0.05) is 21.4 Å². The second-order valence-electron chi connectivity index (χ2n) is 3.41. The maximum absolute atomic E-state index is 10.3. The number of hydrogen-bond donors (Lipinski definition) is 1. The second kappa shape index (κ2) is 5.13. The number of benzene rings is 1. The fraction of sp³-hybridized carbons (Fsp3) is 0. The van der Waals surface area contributed by atoms with Gasteiger partial charge in [-0.25, -0.2) is 0 Å². The quantitative estimate of drug-likeness (QED) is 0.528. The number of aromatic nitrogens is 1. The van der Waals surface area contributed by atoms with Gasteiger partial charge in [0.15, 0.2) is 0 Å². The number of halogens is 1. The normalized spacial score (nSPS) is 10.9. The Morgan fingerprint density at radius 3 is 2.59 bits per heavy atom. The highest BCUT2D eigenvalue weighted by atomic mass is 127. The standard InChI is InChI=1S/C12H9IN2O2/c13-10-3-1-9(2-4-10)11-5-7-14-12(11)6-8-15(16)17/h1-8,14H/b8-6+. The van der Waals surface area contributed by atoms with Crippen LogP contribution in [0.3, 0.4) is 0 Å². The monoisotopic (exact) mass is 340 g/mol. The molecule has 0 aliphatic heterocycles. The van der Waals surface area contributed by atoms with Crippen molar-refractivity contribution in [3.05, 3.63) is 62.1 Å². The van der Waals surface area contributed by atoms with Crippen LogP contribution in [-0.2, 0) is 0 Å². The Hall–Kier alpha value is -1.63. The first kappa shape index (κ1) is 11.8. The van der Waals surface area contributed by atoms with Crippen LogP contribution >= 0.6 is 22.6 Å². The van der Waals surface area contributed by atoms with E-state index in [0.717, 1.165) is 26.6 Å². The zero-order chi connectivity index (χ0) is 12.3. The summed E-state index contributed by atoms with van der Waals surface area (Å²) in [5.41, 5.74) is 2.73. The van der Waals surface area contributed by atoms with Crippen molar-refractivity contribution in [3.63, 3.8) is 0 Å². The molecule has 4 nitrogen and oxygen atoms in total. The number of nitrogens with zero attached hydrogens (tertiary/aromatic N) is 1. The second-order valence-corrected chi connectivity index (χ2v) is 4.66. The predicted octanol–water partition coefficient (Wildman–Crippen LogP) is 3.53. The van der Waals surface area contributed by atoms with Gasteiger partial charge in [0.25, 0.3) is 0 Å². The van der Waals surface area contributed by atoms with Gasteiger partial charge in [0.05, 0.1) is 10.6 Å². The van der Waals surface area contributed by atoms with Crippen molar-refractivity contribution in [1.82, 2.24) is 4.98 Å². The molecular weight excluding hydrogens is 331 g/mol. The molecule has 0 unspecified atom stereocenters. The smallest absolute Gasteiger partial charge is 0.236 e. The van der Waals surface area contributed by atoms with Crippen molar-refractivity contribution in [2.24, 2.45) is 0 Å². The number of H-pyrrole nitrogens is 1. The van der Waals surface area contributed by atoms with Crippen LogP contribution < -0.4 is 0 Å². The molecule has 1 aromatic heterocycles. The van der Waals surface area contributed by atoms with Gasteiger partial charge in [-0.15, -0.1) is 0 Å². The molecule has 5 heteroatoms. The number of aromatic amines is 1. The van der Waals surface area contributed by atoms with Crippen molar-refractivity contribution in [3.8, 4) is 11.1 Å². The maximum Gasteiger partial charge on any atom is 0.236 e. The van der Waals surface area contributed by atoms with E-state index in [1.165, 1.54) is 6.08 Å². The van der Waals surface area contributed by atoms with E-state index in [0.29, 0.717) is 0 Å². The fourth-order valence-electron chi connectivity index (χ4n) is 1.54. The zero-order valence-corrected chi connectivity index (χ0v) is 10.9. The number of rotatable bonds is 3. The van der Waals surface area contributed by atoms with Gasteiger partial charge in [-0.05, 0) is 46.4 Å². The Balaban J connectivity index is 2.36. The van der Waals surface area contributed by atoms with Gasteiger partial charge < -0.3 is 4.98 Å². The van der Waals surface area contributed by atoms with E-state index in [1.54, 1.807) is 6.20 Å². The SMILES string of the molecule is O=[N+]([O-])/C=C/c1[nH]ccc1-c1ccc(I)cc1. The van der Waals surface area contributed by atoms with Gasteiger partial charge in [-0.1, -0.05) is 12.1 Å². The summed E-state index contributed by atoms with van der Waals surface area (Å²) in [5, 5.41) is 10.3. The van der Waals surface area contributed by atoms with Gasteiger partial charge in [-0.2, -0.15) is 0 Å². The average Bonchev–Trinajstić information content (AvgIpc) is 2.75. The van der Waals surface area contributed by atoms with Crippen molar-refractivity contribution in [1.29, 1.82) is 0 Å². The van der Waals surface area contributed by atoms with Crippen LogP contribution in [0.25, 0.3) is 17.2 Å². The Labute approximate surface area is 112 Å². The lowest BCUT2D eigenvalue weighted by Gasteiger charge is -2.00. The van der Waals surface area contributed by atoms with Crippen molar-refractivity contribution < 1.29 is 4.92 Å². The maximum atomic E-state index is 10.3. The summed E-state index contributed by atoms with van der Waals surface area (Å²) in [7, 11) is 0. The number of nitrogens with one attached hydrogen (secondary N) is 1. The molecule has 0 fully saturated rings. The average molecular weight is 340 g/mol. The molecule has 0 saturated carbocycles. The molecule has 2 rings (SSSR count). The molecule has 0 atom stereocenters. The Morgan fingerprint density at radius 2 is 1.94 bits per heavy atom. The van der Waals surface area contributed by atoms with Crippen LogP contribution in [0, 0.1) is 13.7 Å². The van der Waals surface area contributed by atoms with E-state index in [-0.39, 0.29) is 0 Å². The van der Waals surface area contributed by atoms with Gasteiger partial charge in [-0.3, -0.25) is 10.1 Å². The Bertz CT molecular complexity index is 558. The summed E-state index contributed by atoms with van der Waals surface area (Å²) in [4.78, 5) is 12.8. The fourth-order valence-corrected chi connectivity index (χ4v) is 1.90. The van der Waals surface area contributed by atoms with Crippen molar-refractivity contribution in [2.75, 3.05) is 0 Å². The molecule has 1 heterocycles. The Kier molecular flexibility index (Phi) is 3.58. The van der Waals surface area contributed by atoms with Crippen LogP contribution in [0.5, 0.6) is 0 Å². The molecule has 17 heavy (non-hydrogen) atoms. The topological polar surface area (TPSA) is 58.9 Å². The van der Waals surface area contributed by atoms with E-state index < -0.39 is 4.92 Å². The summed E-state index contributed by atoms with van der Waals surface area (Å²) in [6, 6.07) is 9.90. The molecule has 0 aliphatic carbocycles. The first-order valence-corrected chi connectivity index (χ1v) is 6.00. The molecule has 1 N–H and O–H groups in total. The molecule has 0 spiro atoms. The predicted molar refractivity (Wildman–Crippen MR) is 75.0 cm³/mol. The minimum Gasteiger partial charge on any atom is -0.361 e. The first-order chi connectivity index (χ1) is 8.16. The third-order valence-corrected chi connectivity index (χ3v) is 3.02. The minimum absolute atomic E-state index is 0.474. The molecule has 86 valence electrons. The third-order valence-electron chi connectivity index (χ3n) is 2.30. The highest BCUT2D eigenvalue weighted by Crippen LogP contribution is 2.24. The lowest BCUT2D eigenvalue weighted by atomic mass is 10.1. The molecule has 0 saturated heterocycles. The summed E-state index contributed by atoms with van der Waals surface area (Å²) >= 11 is 2.24. The summed E-state index contributed by atoms with van der Waals surface area (Å²) in [6.45, 7) is 0. The summed E-state index contributed by atoms with van der Waals surface area (Å²) in [5.74, 6) is 0. The Morgan fingerprint density at radius 1 is 1.24 bits per heavy atom. The zero-order valence-electron chi connectivity index (χ0n) is 8.76. The number of hydrogen-bond acceptors (Lipinski definition) is 2. The first-order valence-electron chi connectivity index (χ1n) is 4.92. The lowest BCUT2D eigenvalue weighted by molar-refractivity contribution is -0.400. The van der Waals surface area contributed by atoms with Gasteiger partial charge >= 0.3 is 0 Å². The largest absolute Gasteiger partial charge is 0.361 e. The third kappa shape index (κ3) is 2.94. The van der Waals surface area contributed by atoms with Crippen LogP contribution in [0.4, 0.5) is 0 Å². The summed E-state index contributed by atoms with van der Waals surface area (Å²) < 4.78 is 1.16. The van der Waals surface area contributed by atoms with Gasteiger partial charge in [0.2, 0.25) is 6.20 Å². The van der Waals surface area contributed by atoms with Crippen molar-refractivity contribution >= 4 is 28.7 Å². The highest BCUT2D eigenvalue weighted by molar-refractivity contribution is 14.1. The van der Waals surface area contributed by atoms with Crippen LogP contribution in [-0.4, -0.2) is 9.91 Å². The van der Waals surface area contributed by atoms with Crippen molar-refractivity contribution in [2.45, 2.75) is 0 Å². The molecule has 0 aliphatic rings. The lowest BCUT2D eigenvalue weighted by Crippen LogP contribution is -1.84. The molecule has 2 aromatic rings. The van der Waals surface area contributed by atoms with E-state index in [2.05, 4.69) is 27.6 Å². The molecule has 0 amide bonds. The van der Waals surface area contributed by atoms with Crippen LogP contribution in [0.2, 0.25) is 0 Å². The highest BCUT2D eigenvalue weighted by Gasteiger charge is 2.04. The van der Waals surface area contributed by atoms with Crippen LogP contribution in [0.1, 0.15) is 5.69 Å². The van der Waals surface area contributed by atoms with E-state index in [4.69, 9.17) is 0 Å². The van der Waals surface area contributed by atoms with Gasteiger partial charge in [0.1, 0.15) is 0 Å². The minimum atomic E-state index is -0.474. The van der Waals surface area contributed by atoms with E-state index in [1.807, 2.05) is 30.3 Å². The number of nitro groups is 1. The molecule has 1 aromatic carbocycles. The van der Waals surface area contributed by atoms with E-state index in [9.17, 15) is 10.1 Å². The summed E-state index contributed by atoms with van der Waals surface area (Å²) in [6.07, 6.45) is 4.17.